The summed E-state index contributed by atoms with van der Waals surface area (Å²) in [5.74, 6) is -0.687. The minimum Gasteiger partial charge on any atom is -0.507 e. The highest BCUT2D eigenvalue weighted by atomic mass is 16.5. The third-order valence-electron chi connectivity index (χ3n) is 4.06. The molecule has 0 bridgehead atoms. The monoisotopic (exact) mass is 318 g/mol. The zero-order valence-electron chi connectivity index (χ0n) is 13.8. The van der Waals surface area contributed by atoms with E-state index in [1.807, 2.05) is 0 Å². The molecule has 2 rings (SSSR count). The Hall–Kier alpha value is -2.30. The Morgan fingerprint density at radius 1 is 1.00 bits per heavy atom. The Bertz CT molecular complexity index is 658. The number of hydrogen-bond donors (Lipinski definition) is 1. The van der Waals surface area contributed by atoms with Crippen LogP contribution in [0.5, 0.6) is 11.5 Å². The fourth-order valence-corrected chi connectivity index (χ4v) is 2.77. The molecule has 5 heteroatoms. The Balaban J connectivity index is 2.46. The highest BCUT2D eigenvalue weighted by Gasteiger charge is 2.35. The second-order valence-electron chi connectivity index (χ2n) is 5.55. The molecule has 1 aliphatic rings. The lowest BCUT2D eigenvalue weighted by Gasteiger charge is -2.21. The quantitative estimate of drug-likeness (QED) is 0.613. The lowest BCUT2D eigenvalue weighted by atomic mass is 9.85. The minimum atomic E-state index is -0.637. The standard InChI is InChI=1S/C18H22O5/c1-4-5-6-7-8-12-16(19)15-13(18(21)17(12)20)9-11(22-2)10-14(15)23-3/h9-10,19H,4-8H2,1-3H3. The van der Waals surface area contributed by atoms with Gasteiger partial charge in [-0.15, -0.1) is 0 Å². The van der Waals surface area contributed by atoms with Crippen LogP contribution in [-0.2, 0) is 4.79 Å². The number of benzene rings is 1. The summed E-state index contributed by atoms with van der Waals surface area (Å²) in [5, 5.41) is 10.5. The van der Waals surface area contributed by atoms with Gasteiger partial charge in [0.1, 0.15) is 17.3 Å². The Kier molecular flexibility index (Phi) is 5.42. The van der Waals surface area contributed by atoms with Crippen molar-refractivity contribution in [2.45, 2.75) is 39.0 Å². The third kappa shape index (κ3) is 3.23. The molecule has 23 heavy (non-hydrogen) atoms. The molecule has 1 aromatic rings. The number of carbonyl (C=O) groups is 2. The van der Waals surface area contributed by atoms with Gasteiger partial charge < -0.3 is 14.6 Å². The smallest absolute Gasteiger partial charge is 0.234 e. The number of rotatable bonds is 7. The first-order valence-electron chi connectivity index (χ1n) is 7.82. The van der Waals surface area contributed by atoms with E-state index >= 15 is 0 Å². The highest BCUT2D eigenvalue weighted by Crippen LogP contribution is 2.39. The summed E-state index contributed by atoms with van der Waals surface area (Å²) in [4.78, 5) is 24.7. The Labute approximate surface area is 135 Å². The second-order valence-corrected chi connectivity index (χ2v) is 5.55. The summed E-state index contributed by atoms with van der Waals surface area (Å²) < 4.78 is 10.4. The maximum absolute atomic E-state index is 12.4. The molecule has 0 saturated heterocycles. The number of ether oxygens (including phenoxy) is 2. The Morgan fingerprint density at radius 3 is 2.35 bits per heavy atom. The molecule has 0 fully saturated rings. The van der Waals surface area contributed by atoms with E-state index in [9.17, 15) is 14.7 Å². The average molecular weight is 318 g/mol. The van der Waals surface area contributed by atoms with Crippen LogP contribution in [-0.4, -0.2) is 30.9 Å². The summed E-state index contributed by atoms with van der Waals surface area (Å²) in [7, 11) is 2.91. The van der Waals surface area contributed by atoms with Crippen LogP contribution in [0.1, 0.15) is 54.9 Å². The van der Waals surface area contributed by atoms with Gasteiger partial charge in [-0.25, -0.2) is 0 Å². The number of allylic oxidation sites excluding steroid dienone is 1. The second kappa shape index (κ2) is 7.31. The third-order valence-corrected chi connectivity index (χ3v) is 4.06. The molecule has 1 aromatic carbocycles. The lowest BCUT2D eigenvalue weighted by Crippen LogP contribution is -2.24. The topological polar surface area (TPSA) is 72.8 Å². The normalized spacial score (nSPS) is 14.0. The summed E-state index contributed by atoms with van der Waals surface area (Å²) in [6, 6.07) is 3.05. The maximum atomic E-state index is 12.4. The number of ketones is 2. The molecule has 124 valence electrons. The number of hydrogen-bond acceptors (Lipinski definition) is 5. The van der Waals surface area contributed by atoms with Crippen molar-refractivity contribution in [3.8, 4) is 11.5 Å². The van der Waals surface area contributed by atoms with Crippen molar-refractivity contribution in [3.05, 3.63) is 28.8 Å². The van der Waals surface area contributed by atoms with Gasteiger partial charge in [0.25, 0.3) is 0 Å². The van der Waals surface area contributed by atoms with Crippen molar-refractivity contribution in [1.82, 2.24) is 0 Å². The van der Waals surface area contributed by atoms with Crippen molar-refractivity contribution in [2.75, 3.05) is 14.2 Å². The van der Waals surface area contributed by atoms with Crippen molar-refractivity contribution in [2.24, 2.45) is 0 Å². The summed E-state index contributed by atoms with van der Waals surface area (Å²) >= 11 is 0. The number of carbonyl (C=O) groups excluding carboxylic acids is 2. The molecule has 5 nitrogen and oxygen atoms in total. The number of methoxy groups -OCH3 is 2. The first-order chi connectivity index (χ1) is 11.0. The molecule has 0 aliphatic heterocycles. The fraction of sp³-hybridized carbons (Fsp3) is 0.444. The predicted octanol–water partition coefficient (Wildman–Crippen LogP) is 3.71. The summed E-state index contributed by atoms with van der Waals surface area (Å²) in [6.45, 7) is 2.10. The predicted molar refractivity (Wildman–Crippen MR) is 87.2 cm³/mol. The van der Waals surface area contributed by atoms with E-state index in [0.717, 1.165) is 25.7 Å². The molecule has 1 N–H and O–H groups in total. The Morgan fingerprint density at radius 2 is 1.74 bits per heavy atom. The van der Waals surface area contributed by atoms with Gasteiger partial charge >= 0.3 is 0 Å². The maximum Gasteiger partial charge on any atom is 0.234 e. The van der Waals surface area contributed by atoms with Gasteiger partial charge in [-0.05, 0) is 18.9 Å². The van der Waals surface area contributed by atoms with E-state index < -0.39 is 11.6 Å². The number of aliphatic hydroxyl groups excluding tert-OH is 1. The number of Topliss-reactive ketones (excluding diaryl/α,β-unsaturated/α-hetero) is 2. The van der Waals surface area contributed by atoms with Crippen molar-refractivity contribution in [1.29, 1.82) is 0 Å². The molecule has 0 radical (unpaired) electrons. The van der Waals surface area contributed by atoms with Gasteiger partial charge in [0.05, 0.1) is 19.8 Å². The number of aliphatic hydroxyl groups is 1. The van der Waals surface area contributed by atoms with E-state index in [2.05, 4.69) is 6.92 Å². The molecule has 0 spiro atoms. The SMILES string of the molecule is CCCCCCC1=C(O)c2c(OC)cc(OC)cc2C(=O)C1=O. The van der Waals surface area contributed by atoms with Gasteiger partial charge in [0.15, 0.2) is 0 Å². The zero-order chi connectivity index (χ0) is 17.0. The molecule has 0 unspecified atom stereocenters. The van der Waals surface area contributed by atoms with Crippen molar-refractivity contribution >= 4 is 17.3 Å². The van der Waals surface area contributed by atoms with Crippen LogP contribution in [0.15, 0.2) is 17.7 Å². The summed E-state index contributed by atoms with van der Waals surface area (Å²) in [5.41, 5.74) is 0.589. The summed E-state index contributed by atoms with van der Waals surface area (Å²) in [6.07, 6.45) is 4.26. The van der Waals surface area contributed by atoms with E-state index in [-0.39, 0.29) is 22.5 Å². The zero-order valence-corrected chi connectivity index (χ0v) is 13.8. The van der Waals surface area contributed by atoms with Gasteiger partial charge in [-0.1, -0.05) is 26.2 Å². The first-order valence-corrected chi connectivity index (χ1v) is 7.82. The molecular weight excluding hydrogens is 296 g/mol. The lowest BCUT2D eigenvalue weighted by molar-refractivity contribution is -0.112. The van der Waals surface area contributed by atoms with E-state index in [1.165, 1.54) is 20.3 Å². The van der Waals surface area contributed by atoms with Crippen LogP contribution < -0.4 is 9.47 Å². The van der Waals surface area contributed by atoms with Crippen LogP contribution in [0.25, 0.3) is 5.76 Å². The van der Waals surface area contributed by atoms with Crippen LogP contribution in [0, 0.1) is 0 Å². The van der Waals surface area contributed by atoms with Crippen molar-refractivity contribution in [3.63, 3.8) is 0 Å². The largest absolute Gasteiger partial charge is 0.507 e. The average Bonchev–Trinajstić information content (AvgIpc) is 2.57. The number of fused-ring (bicyclic) bond motifs is 1. The van der Waals surface area contributed by atoms with Crippen LogP contribution >= 0.6 is 0 Å². The highest BCUT2D eigenvalue weighted by molar-refractivity contribution is 6.52. The van der Waals surface area contributed by atoms with Crippen LogP contribution in [0.3, 0.4) is 0 Å². The molecule has 0 atom stereocenters. The molecule has 0 heterocycles. The fourth-order valence-electron chi connectivity index (χ4n) is 2.77. The van der Waals surface area contributed by atoms with Gasteiger partial charge in [-0.2, -0.15) is 0 Å². The molecule has 0 aromatic heterocycles. The molecule has 0 amide bonds. The first kappa shape index (κ1) is 17.1. The van der Waals surface area contributed by atoms with Gasteiger partial charge in [0, 0.05) is 17.2 Å². The van der Waals surface area contributed by atoms with Crippen LogP contribution in [0.4, 0.5) is 0 Å². The van der Waals surface area contributed by atoms with Crippen molar-refractivity contribution < 1.29 is 24.2 Å². The molecule has 1 aliphatic carbocycles. The van der Waals surface area contributed by atoms with E-state index in [4.69, 9.17) is 9.47 Å². The van der Waals surface area contributed by atoms with E-state index in [0.29, 0.717) is 17.9 Å². The molecule has 0 saturated carbocycles. The van der Waals surface area contributed by atoms with Gasteiger partial charge in [-0.3, -0.25) is 9.59 Å². The number of unbranched alkanes of at least 4 members (excludes halogenated alkanes) is 3. The van der Waals surface area contributed by atoms with Gasteiger partial charge in [0.2, 0.25) is 11.6 Å². The van der Waals surface area contributed by atoms with E-state index in [1.54, 1.807) is 6.07 Å². The minimum absolute atomic E-state index is 0.126. The molecular formula is C18H22O5. The van der Waals surface area contributed by atoms with Crippen LogP contribution in [0.2, 0.25) is 0 Å².